The normalized spacial score (nSPS) is 16.5. The van der Waals surface area contributed by atoms with Crippen LogP contribution in [0.1, 0.15) is 10.4 Å². The van der Waals surface area contributed by atoms with E-state index in [-0.39, 0.29) is 24.9 Å². The third-order valence-corrected chi connectivity index (χ3v) is 4.16. The first kappa shape index (κ1) is 13.9. The maximum atomic E-state index is 12.2. The van der Waals surface area contributed by atoms with Crippen molar-refractivity contribution in [1.29, 1.82) is 0 Å². The number of carbonyl (C=O) groups excluding carboxylic acids is 2. The average Bonchev–Trinajstić information content (AvgIpc) is 2.85. The fraction of sp³-hybridized carbons (Fsp3) is 0.267. The molecule has 0 unspecified atom stereocenters. The van der Waals surface area contributed by atoms with Gasteiger partial charge in [-0.05, 0) is 12.5 Å². The van der Waals surface area contributed by atoms with Crippen molar-refractivity contribution >= 4 is 28.3 Å². The van der Waals surface area contributed by atoms with Crippen LogP contribution in [0.5, 0.6) is 0 Å². The summed E-state index contributed by atoms with van der Waals surface area (Å²) in [6.45, 7) is 2.98. The lowest BCUT2D eigenvalue weighted by atomic mass is 10.2. The lowest BCUT2D eigenvalue weighted by Gasteiger charge is -2.31. The highest BCUT2D eigenvalue weighted by Crippen LogP contribution is 2.24. The number of hydrogen-bond donors (Lipinski definition) is 0. The second-order valence-corrected chi connectivity index (χ2v) is 6.22. The molecule has 0 N–H and O–H groups in total. The van der Waals surface area contributed by atoms with Gasteiger partial charge in [0.25, 0.3) is 0 Å². The van der Waals surface area contributed by atoms with Crippen LogP contribution in [0.15, 0.2) is 36.5 Å². The number of thiazole rings is 1. The Hall–Kier alpha value is -2.05. The lowest BCUT2D eigenvalue weighted by Crippen LogP contribution is -2.53. The van der Waals surface area contributed by atoms with Gasteiger partial charge in [-0.15, -0.1) is 11.3 Å². The van der Waals surface area contributed by atoms with Crippen molar-refractivity contribution in [2.75, 3.05) is 18.0 Å². The molecule has 0 saturated carbocycles. The number of benzene rings is 1. The number of anilines is 1. The van der Waals surface area contributed by atoms with E-state index in [0.717, 1.165) is 10.4 Å². The molecule has 2 aromatic rings. The van der Waals surface area contributed by atoms with Crippen LogP contribution in [-0.2, 0) is 16.1 Å². The third-order valence-electron chi connectivity index (χ3n) is 3.27. The number of carbonyl (C=O) groups is 2. The standard InChI is InChI=1S/C15H15N3O2S/c1-11-7-16-15(21-11)18-13(19)9-17(10-14(18)20)8-12-5-3-2-4-6-12/h2-7H,8-10H2,1H3. The average molecular weight is 301 g/mol. The number of imide groups is 1. The largest absolute Gasteiger partial charge is 0.281 e. The van der Waals surface area contributed by atoms with Crippen LogP contribution in [0.2, 0.25) is 0 Å². The molecule has 0 aliphatic carbocycles. The van der Waals surface area contributed by atoms with Crippen molar-refractivity contribution in [2.45, 2.75) is 13.5 Å². The molecule has 21 heavy (non-hydrogen) atoms. The Bertz CT molecular complexity index is 651. The molecule has 1 aromatic carbocycles. The van der Waals surface area contributed by atoms with Crippen molar-refractivity contribution in [3.63, 3.8) is 0 Å². The van der Waals surface area contributed by atoms with E-state index >= 15 is 0 Å². The van der Waals surface area contributed by atoms with Gasteiger partial charge in [0, 0.05) is 17.6 Å². The summed E-state index contributed by atoms with van der Waals surface area (Å²) in [4.78, 5) is 32.7. The molecular formula is C15H15N3O2S. The van der Waals surface area contributed by atoms with Gasteiger partial charge in [-0.2, -0.15) is 0 Å². The fourth-order valence-corrected chi connectivity index (χ4v) is 3.13. The van der Waals surface area contributed by atoms with Crippen LogP contribution < -0.4 is 4.90 Å². The predicted molar refractivity (Wildman–Crippen MR) is 81.1 cm³/mol. The van der Waals surface area contributed by atoms with Gasteiger partial charge in [-0.3, -0.25) is 14.5 Å². The van der Waals surface area contributed by atoms with Gasteiger partial charge in [-0.25, -0.2) is 9.88 Å². The zero-order valence-electron chi connectivity index (χ0n) is 11.7. The molecule has 1 aliphatic heterocycles. The van der Waals surface area contributed by atoms with E-state index in [9.17, 15) is 9.59 Å². The van der Waals surface area contributed by atoms with Gasteiger partial charge >= 0.3 is 0 Å². The summed E-state index contributed by atoms with van der Waals surface area (Å²) in [7, 11) is 0. The molecule has 5 nitrogen and oxygen atoms in total. The Morgan fingerprint density at radius 1 is 1.14 bits per heavy atom. The monoisotopic (exact) mass is 301 g/mol. The Labute approximate surface area is 126 Å². The summed E-state index contributed by atoms with van der Waals surface area (Å²) >= 11 is 1.36. The van der Waals surface area contributed by atoms with Crippen LogP contribution in [0.4, 0.5) is 5.13 Å². The van der Waals surface area contributed by atoms with Crippen LogP contribution in [0.3, 0.4) is 0 Å². The molecule has 2 heterocycles. The molecular weight excluding hydrogens is 286 g/mol. The summed E-state index contributed by atoms with van der Waals surface area (Å²) in [6, 6.07) is 9.83. The maximum absolute atomic E-state index is 12.2. The maximum Gasteiger partial charge on any atom is 0.249 e. The van der Waals surface area contributed by atoms with Crippen molar-refractivity contribution in [3.05, 3.63) is 47.0 Å². The molecule has 108 valence electrons. The van der Waals surface area contributed by atoms with Crippen LogP contribution in [0, 0.1) is 6.92 Å². The van der Waals surface area contributed by atoms with E-state index in [1.807, 2.05) is 42.2 Å². The van der Waals surface area contributed by atoms with E-state index in [0.29, 0.717) is 11.7 Å². The second kappa shape index (κ2) is 5.75. The van der Waals surface area contributed by atoms with Gasteiger partial charge in [-0.1, -0.05) is 30.3 Å². The first-order valence-electron chi connectivity index (χ1n) is 6.68. The van der Waals surface area contributed by atoms with Crippen LogP contribution in [-0.4, -0.2) is 34.8 Å². The highest BCUT2D eigenvalue weighted by atomic mass is 32.1. The molecule has 0 radical (unpaired) electrons. The summed E-state index contributed by atoms with van der Waals surface area (Å²) in [6.07, 6.45) is 1.68. The van der Waals surface area contributed by atoms with E-state index in [1.165, 1.54) is 16.2 Å². The van der Waals surface area contributed by atoms with Crippen LogP contribution >= 0.6 is 11.3 Å². The lowest BCUT2D eigenvalue weighted by molar-refractivity contribution is -0.132. The first-order chi connectivity index (χ1) is 10.1. The van der Waals surface area contributed by atoms with E-state index in [4.69, 9.17) is 0 Å². The minimum Gasteiger partial charge on any atom is -0.281 e. The van der Waals surface area contributed by atoms with Gasteiger partial charge in [0.1, 0.15) is 0 Å². The quantitative estimate of drug-likeness (QED) is 0.812. The number of amides is 2. The van der Waals surface area contributed by atoms with Crippen molar-refractivity contribution < 1.29 is 9.59 Å². The topological polar surface area (TPSA) is 53.5 Å². The SMILES string of the molecule is Cc1cnc(N2C(=O)CN(Cc3ccccc3)CC2=O)s1. The molecule has 2 amide bonds. The van der Waals surface area contributed by atoms with Gasteiger partial charge in [0.15, 0.2) is 5.13 Å². The van der Waals surface area contributed by atoms with Crippen molar-refractivity contribution in [3.8, 4) is 0 Å². The zero-order chi connectivity index (χ0) is 14.8. The first-order valence-corrected chi connectivity index (χ1v) is 7.49. The summed E-state index contributed by atoms with van der Waals surface area (Å²) in [5.74, 6) is -0.423. The zero-order valence-corrected chi connectivity index (χ0v) is 12.5. The molecule has 1 aromatic heterocycles. The van der Waals surface area contributed by atoms with E-state index < -0.39 is 0 Å². The fourth-order valence-electron chi connectivity index (χ4n) is 2.33. The second-order valence-electron chi connectivity index (χ2n) is 5.01. The molecule has 3 rings (SSSR count). The Morgan fingerprint density at radius 2 is 1.81 bits per heavy atom. The molecule has 1 saturated heterocycles. The number of rotatable bonds is 3. The highest BCUT2D eigenvalue weighted by Gasteiger charge is 2.33. The van der Waals surface area contributed by atoms with Gasteiger partial charge < -0.3 is 0 Å². The number of aryl methyl sites for hydroxylation is 1. The molecule has 0 spiro atoms. The van der Waals surface area contributed by atoms with Gasteiger partial charge in [0.2, 0.25) is 11.8 Å². The minimum atomic E-state index is -0.212. The van der Waals surface area contributed by atoms with Crippen molar-refractivity contribution in [2.24, 2.45) is 0 Å². The Morgan fingerprint density at radius 3 is 2.38 bits per heavy atom. The molecule has 1 fully saturated rings. The van der Waals surface area contributed by atoms with E-state index in [1.54, 1.807) is 6.20 Å². The van der Waals surface area contributed by atoms with Gasteiger partial charge in [0.05, 0.1) is 13.1 Å². The summed E-state index contributed by atoms with van der Waals surface area (Å²) in [5.41, 5.74) is 1.09. The smallest absolute Gasteiger partial charge is 0.249 e. The predicted octanol–water partition coefficient (Wildman–Crippen LogP) is 1.83. The molecule has 1 aliphatic rings. The number of aromatic nitrogens is 1. The van der Waals surface area contributed by atoms with Crippen molar-refractivity contribution in [1.82, 2.24) is 9.88 Å². The summed E-state index contributed by atoms with van der Waals surface area (Å²) < 4.78 is 0. The molecule has 0 bridgehead atoms. The van der Waals surface area contributed by atoms with Crippen LogP contribution in [0.25, 0.3) is 0 Å². The number of piperazine rings is 1. The molecule has 6 heteroatoms. The summed E-state index contributed by atoms with van der Waals surface area (Å²) in [5, 5.41) is 0.474. The highest BCUT2D eigenvalue weighted by molar-refractivity contribution is 7.15. The number of hydrogen-bond acceptors (Lipinski definition) is 5. The third kappa shape index (κ3) is 3.01. The Balaban J connectivity index is 1.72. The molecule has 0 atom stereocenters. The Kier molecular flexibility index (Phi) is 3.81. The number of nitrogens with zero attached hydrogens (tertiary/aromatic N) is 3. The minimum absolute atomic E-state index is 0.212. The van der Waals surface area contributed by atoms with E-state index in [2.05, 4.69) is 4.98 Å².